The average molecular weight is 450 g/mol. The number of nitrogens with zero attached hydrogens (tertiary/aromatic N) is 5. The van der Waals surface area contributed by atoms with Gasteiger partial charge in [0, 0.05) is 55.5 Å². The normalized spacial score (nSPS) is 12.0. The molecular formula is C24H27N5O4. The van der Waals surface area contributed by atoms with Crippen molar-refractivity contribution in [2.75, 3.05) is 39.4 Å². The molecule has 0 fully saturated rings. The summed E-state index contributed by atoms with van der Waals surface area (Å²) in [5.74, 6) is 1.30. The first-order chi connectivity index (χ1) is 16.0. The zero-order valence-corrected chi connectivity index (χ0v) is 19.1. The molecule has 0 saturated carbocycles. The van der Waals surface area contributed by atoms with Crippen LogP contribution in [0, 0.1) is 0 Å². The number of aromatic nitrogens is 4. The first kappa shape index (κ1) is 22.5. The molecule has 33 heavy (non-hydrogen) atoms. The maximum absolute atomic E-state index is 10.5. The van der Waals surface area contributed by atoms with E-state index in [1.807, 2.05) is 48.5 Å². The first-order valence-corrected chi connectivity index (χ1v) is 10.4. The van der Waals surface area contributed by atoms with Crippen LogP contribution in [0.25, 0.3) is 22.3 Å². The van der Waals surface area contributed by atoms with Gasteiger partial charge in [-0.1, -0.05) is 0 Å². The Morgan fingerprint density at radius 3 is 2.36 bits per heavy atom. The number of hydrogen-bond acceptors (Lipinski definition) is 8. The highest BCUT2D eigenvalue weighted by Crippen LogP contribution is 2.34. The molecule has 4 rings (SSSR count). The number of aliphatic hydroxyl groups excluding tert-OH is 1. The van der Waals surface area contributed by atoms with Crippen LogP contribution in [0.2, 0.25) is 0 Å². The summed E-state index contributed by atoms with van der Waals surface area (Å²) in [4.78, 5) is 11.3. The molecule has 4 aromatic rings. The van der Waals surface area contributed by atoms with Crippen molar-refractivity contribution in [3.63, 3.8) is 0 Å². The van der Waals surface area contributed by atoms with E-state index in [9.17, 15) is 5.11 Å². The molecule has 172 valence electrons. The van der Waals surface area contributed by atoms with E-state index < -0.39 is 6.10 Å². The molecule has 2 aromatic carbocycles. The molecule has 0 bridgehead atoms. The van der Waals surface area contributed by atoms with E-state index in [1.165, 1.54) is 0 Å². The van der Waals surface area contributed by atoms with Gasteiger partial charge in [0.05, 0.1) is 62.6 Å². The molecule has 0 aliphatic heterocycles. The second-order valence-corrected chi connectivity index (χ2v) is 7.62. The number of ether oxygens (including phenoxy) is 3. The Morgan fingerprint density at radius 1 is 0.970 bits per heavy atom. The van der Waals surface area contributed by atoms with Crippen LogP contribution in [0.1, 0.15) is 0 Å². The summed E-state index contributed by atoms with van der Waals surface area (Å²) in [6.07, 6.45) is 4.69. The van der Waals surface area contributed by atoms with E-state index in [1.54, 1.807) is 44.5 Å². The zero-order chi connectivity index (χ0) is 23.4. The molecule has 0 amide bonds. The molecule has 0 saturated heterocycles. The number of hydrogen-bond donors (Lipinski definition) is 1. The van der Waals surface area contributed by atoms with Crippen LogP contribution in [0.3, 0.4) is 0 Å². The third-order valence-electron chi connectivity index (χ3n) is 5.24. The zero-order valence-electron chi connectivity index (χ0n) is 19.1. The molecule has 0 spiro atoms. The van der Waals surface area contributed by atoms with E-state index in [-0.39, 0.29) is 6.61 Å². The summed E-state index contributed by atoms with van der Waals surface area (Å²) in [5, 5.41) is 14.8. The lowest BCUT2D eigenvalue weighted by molar-refractivity contribution is 0.0702. The number of benzene rings is 2. The second-order valence-electron chi connectivity index (χ2n) is 7.62. The van der Waals surface area contributed by atoms with Crippen molar-refractivity contribution in [3.05, 3.63) is 55.0 Å². The van der Waals surface area contributed by atoms with Gasteiger partial charge in [-0.2, -0.15) is 5.10 Å². The smallest absolute Gasteiger partial charge is 0.124 e. The highest BCUT2D eigenvalue weighted by Gasteiger charge is 2.18. The van der Waals surface area contributed by atoms with Crippen molar-refractivity contribution in [2.45, 2.75) is 6.10 Å². The molecule has 2 aromatic heterocycles. The molecular weight excluding hydrogens is 422 g/mol. The third kappa shape index (κ3) is 5.05. The van der Waals surface area contributed by atoms with Crippen LogP contribution in [0.5, 0.6) is 11.5 Å². The maximum atomic E-state index is 10.5. The van der Waals surface area contributed by atoms with Gasteiger partial charge in [0.1, 0.15) is 11.5 Å². The SMILES string of the molecule is COCC(O)CN(c1cc(OC)cc(OC)c1)c1ccc2ncc(-c3cnn(C)c3)nc2c1. The van der Waals surface area contributed by atoms with Crippen molar-refractivity contribution in [1.29, 1.82) is 0 Å². The van der Waals surface area contributed by atoms with Crippen molar-refractivity contribution in [1.82, 2.24) is 19.7 Å². The lowest BCUT2D eigenvalue weighted by atomic mass is 10.1. The molecule has 9 heteroatoms. The Kier molecular flexibility index (Phi) is 6.71. The topological polar surface area (TPSA) is 94.8 Å². The Bertz CT molecular complexity index is 1220. The fraction of sp³-hybridized carbons (Fsp3) is 0.292. The third-order valence-corrected chi connectivity index (χ3v) is 5.24. The van der Waals surface area contributed by atoms with Crippen molar-refractivity contribution >= 4 is 22.4 Å². The van der Waals surface area contributed by atoms with E-state index in [0.717, 1.165) is 33.7 Å². The minimum absolute atomic E-state index is 0.205. The summed E-state index contributed by atoms with van der Waals surface area (Å²) >= 11 is 0. The number of methoxy groups -OCH3 is 3. The number of fused-ring (bicyclic) bond motifs is 1. The molecule has 0 radical (unpaired) electrons. The molecule has 9 nitrogen and oxygen atoms in total. The average Bonchev–Trinajstić information content (AvgIpc) is 3.27. The van der Waals surface area contributed by atoms with Gasteiger partial charge >= 0.3 is 0 Å². The summed E-state index contributed by atoms with van der Waals surface area (Å²) in [7, 11) is 6.64. The van der Waals surface area contributed by atoms with Crippen LogP contribution in [0.15, 0.2) is 55.0 Å². The highest BCUT2D eigenvalue weighted by atomic mass is 16.5. The summed E-state index contributed by atoms with van der Waals surface area (Å²) in [6.45, 7) is 0.502. The van der Waals surface area contributed by atoms with Gasteiger partial charge in [0.2, 0.25) is 0 Å². The second kappa shape index (κ2) is 9.85. The first-order valence-electron chi connectivity index (χ1n) is 10.4. The van der Waals surface area contributed by atoms with E-state index in [4.69, 9.17) is 19.2 Å². The van der Waals surface area contributed by atoms with Gasteiger partial charge in [-0.3, -0.25) is 9.67 Å². The van der Waals surface area contributed by atoms with Gasteiger partial charge in [-0.05, 0) is 18.2 Å². The Morgan fingerprint density at radius 2 is 1.73 bits per heavy atom. The predicted octanol–water partition coefficient (Wildman–Crippen LogP) is 3.19. The minimum atomic E-state index is -0.712. The van der Waals surface area contributed by atoms with E-state index >= 15 is 0 Å². The molecule has 0 aliphatic rings. The number of anilines is 2. The summed E-state index contributed by atoms with van der Waals surface area (Å²) in [6, 6.07) is 11.4. The monoisotopic (exact) mass is 449 g/mol. The van der Waals surface area contributed by atoms with Gasteiger partial charge < -0.3 is 24.2 Å². The van der Waals surface area contributed by atoms with Crippen LogP contribution in [-0.4, -0.2) is 65.4 Å². The Balaban J connectivity index is 1.79. The molecule has 1 atom stereocenters. The number of rotatable bonds is 9. The van der Waals surface area contributed by atoms with Crippen LogP contribution >= 0.6 is 0 Å². The molecule has 0 aliphatic carbocycles. The van der Waals surface area contributed by atoms with Crippen LogP contribution < -0.4 is 14.4 Å². The Labute approximate surface area is 192 Å². The molecule has 1 unspecified atom stereocenters. The van der Waals surface area contributed by atoms with Crippen LogP contribution in [-0.2, 0) is 11.8 Å². The van der Waals surface area contributed by atoms with Gasteiger partial charge in [0.15, 0.2) is 0 Å². The van der Waals surface area contributed by atoms with Gasteiger partial charge in [-0.15, -0.1) is 0 Å². The fourth-order valence-electron chi connectivity index (χ4n) is 3.62. The molecule has 2 heterocycles. The Hall–Kier alpha value is -3.69. The van der Waals surface area contributed by atoms with Gasteiger partial charge in [-0.25, -0.2) is 4.98 Å². The van der Waals surface area contributed by atoms with Crippen molar-refractivity contribution in [2.24, 2.45) is 7.05 Å². The lowest BCUT2D eigenvalue weighted by Crippen LogP contribution is -2.31. The van der Waals surface area contributed by atoms with Gasteiger partial charge in [0.25, 0.3) is 0 Å². The predicted molar refractivity (Wildman–Crippen MR) is 126 cm³/mol. The molecule has 1 N–H and O–H groups in total. The number of aryl methyl sites for hydroxylation is 1. The highest BCUT2D eigenvalue weighted by molar-refractivity contribution is 5.82. The van der Waals surface area contributed by atoms with Crippen molar-refractivity contribution < 1.29 is 19.3 Å². The largest absolute Gasteiger partial charge is 0.497 e. The van der Waals surface area contributed by atoms with Crippen molar-refractivity contribution in [3.8, 4) is 22.8 Å². The van der Waals surface area contributed by atoms with E-state index in [0.29, 0.717) is 18.0 Å². The quantitative estimate of drug-likeness (QED) is 0.416. The standard InChI is InChI=1S/C24H27N5O4/c1-28-13-16(11-26-28)24-12-25-22-6-5-17(9-23(22)27-24)29(14-19(30)15-31-2)18-7-20(32-3)10-21(8-18)33-4/h5-13,19,30H,14-15H2,1-4H3. The maximum Gasteiger partial charge on any atom is 0.124 e. The minimum Gasteiger partial charge on any atom is -0.497 e. The summed E-state index contributed by atoms with van der Waals surface area (Å²) in [5.41, 5.74) is 4.77. The fourth-order valence-corrected chi connectivity index (χ4v) is 3.62. The summed E-state index contributed by atoms with van der Waals surface area (Å²) < 4.78 is 17.8. The van der Waals surface area contributed by atoms with E-state index in [2.05, 4.69) is 10.1 Å². The van der Waals surface area contributed by atoms with Crippen LogP contribution in [0.4, 0.5) is 11.4 Å². The lowest BCUT2D eigenvalue weighted by Gasteiger charge is -2.28. The number of aliphatic hydroxyl groups is 1.